The van der Waals surface area contributed by atoms with Crippen LogP contribution in [0.1, 0.15) is 22.0 Å². The number of hydrogen-bond acceptors (Lipinski definition) is 4. The van der Waals surface area contributed by atoms with E-state index in [0.29, 0.717) is 16.3 Å². The first-order valence-corrected chi connectivity index (χ1v) is 7.71. The summed E-state index contributed by atoms with van der Waals surface area (Å²) in [5.74, 6) is 0.144. The van der Waals surface area contributed by atoms with Crippen LogP contribution in [0.25, 0.3) is 0 Å². The molecule has 0 saturated carbocycles. The van der Waals surface area contributed by atoms with Crippen molar-refractivity contribution >= 4 is 29.3 Å². The van der Waals surface area contributed by atoms with Crippen LogP contribution in [-0.2, 0) is 4.74 Å². The molecular weight excluding hydrogens is 308 g/mol. The van der Waals surface area contributed by atoms with Gasteiger partial charge in [0, 0.05) is 15.7 Å². The highest BCUT2D eigenvalue weighted by atomic mass is 35.5. The number of esters is 1. The van der Waals surface area contributed by atoms with E-state index in [1.165, 1.54) is 7.11 Å². The molecule has 0 amide bonds. The number of carbonyl (C=O) groups excluding carboxylic acids is 1. The molecule has 2 aromatic carbocycles. The van der Waals surface area contributed by atoms with Crippen molar-refractivity contribution in [3.63, 3.8) is 0 Å². The molecule has 1 unspecified atom stereocenters. The minimum Gasteiger partial charge on any atom is -0.465 e. The number of ether oxygens (including phenoxy) is 1. The highest BCUT2D eigenvalue weighted by Crippen LogP contribution is 2.26. The van der Waals surface area contributed by atoms with Gasteiger partial charge < -0.3 is 9.84 Å². The molecule has 0 bridgehead atoms. The Balaban J connectivity index is 1.95. The van der Waals surface area contributed by atoms with E-state index in [-0.39, 0.29) is 5.97 Å². The van der Waals surface area contributed by atoms with Crippen molar-refractivity contribution in [1.82, 2.24) is 0 Å². The van der Waals surface area contributed by atoms with E-state index < -0.39 is 6.10 Å². The maximum atomic E-state index is 11.3. The molecule has 1 atom stereocenters. The fourth-order valence-corrected chi connectivity index (χ4v) is 2.76. The second kappa shape index (κ2) is 7.50. The zero-order valence-electron chi connectivity index (χ0n) is 11.5. The van der Waals surface area contributed by atoms with E-state index in [2.05, 4.69) is 4.74 Å². The Hall–Kier alpha value is -1.49. The molecule has 2 aromatic rings. The molecule has 0 aromatic heterocycles. The summed E-state index contributed by atoms with van der Waals surface area (Å²) in [5.41, 5.74) is 1.24. The fraction of sp³-hybridized carbons (Fsp3) is 0.188. The van der Waals surface area contributed by atoms with Gasteiger partial charge in [-0.3, -0.25) is 0 Å². The summed E-state index contributed by atoms with van der Waals surface area (Å²) in [5, 5.41) is 10.9. The Bertz CT molecular complexity index is 596. The van der Waals surface area contributed by atoms with Gasteiger partial charge in [0.2, 0.25) is 0 Å². The average molecular weight is 323 g/mol. The summed E-state index contributed by atoms with van der Waals surface area (Å²) in [6, 6.07) is 14.2. The van der Waals surface area contributed by atoms with Gasteiger partial charge >= 0.3 is 5.97 Å². The zero-order valence-corrected chi connectivity index (χ0v) is 13.0. The van der Waals surface area contributed by atoms with Crippen LogP contribution in [0.3, 0.4) is 0 Å². The lowest BCUT2D eigenvalue weighted by atomic mass is 10.1. The van der Waals surface area contributed by atoms with Crippen LogP contribution in [0, 0.1) is 0 Å². The van der Waals surface area contributed by atoms with Gasteiger partial charge in [0.05, 0.1) is 18.8 Å². The highest BCUT2D eigenvalue weighted by Gasteiger charge is 2.10. The van der Waals surface area contributed by atoms with Crippen LogP contribution in [0.2, 0.25) is 5.02 Å². The van der Waals surface area contributed by atoms with Crippen molar-refractivity contribution in [3.8, 4) is 0 Å². The van der Waals surface area contributed by atoms with Crippen LogP contribution in [-0.4, -0.2) is 23.9 Å². The topological polar surface area (TPSA) is 46.5 Å². The quantitative estimate of drug-likeness (QED) is 0.668. The third kappa shape index (κ3) is 4.49. The predicted molar refractivity (Wildman–Crippen MR) is 84.9 cm³/mol. The molecular formula is C16H15ClO3S. The predicted octanol–water partition coefficient (Wildman–Crippen LogP) is 3.95. The van der Waals surface area contributed by atoms with E-state index in [1.54, 1.807) is 36.0 Å². The lowest BCUT2D eigenvalue weighted by Crippen LogP contribution is -2.04. The number of carbonyl (C=O) groups is 1. The summed E-state index contributed by atoms with van der Waals surface area (Å²) >= 11 is 7.37. The Kier molecular flexibility index (Phi) is 5.67. The Labute approximate surface area is 132 Å². The number of aliphatic hydroxyl groups is 1. The van der Waals surface area contributed by atoms with Gasteiger partial charge in [-0.25, -0.2) is 4.79 Å². The maximum absolute atomic E-state index is 11.3. The summed E-state index contributed by atoms with van der Waals surface area (Å²) in [4.78, 5) is 12.4. The number of thioether (sulfide) groups is 1. The second-order valence-electron chi connectivity index (χ2n) is 4.39. The fourth-order valence-electron chi connectivity index (χ4n) is 1.76. The number of methoxy groups -OCH3 is 1. The van der Waals surface area contributed by atoms with Gasteiger partial charge in [-0.15, -0.1) is 11.8 Å². The van der Waals surface area contributed by atoms with Gasteiger partial charge in [-0.1, -0.05) is 23.7 Å². The van der Waals surface area contributed by atoms with E-state index in [9.17, 15) is 9.90 Å². The molecule has 110 valence electrons. The van der Waals surface area contributed by atoms with Crippen LogP contribution >= 0.6 is 23.4 Å². The van der Waals surface area contributed by atoms with Crippen molar-refractivity contribution in [2.45, 2.75) is 11.0 Å². The third-order valence-electron chi connectivity index (χ3n) is 2.94. The summed E-state index contributed by atoms with van der Waals surface area (Å²) < 4.78 is 4.64. The van der Waals surface area contributed by atoms with Gasteiger partial charge in [-0.05, 0) is 42.0 Å². The van der Waals surface area contributed by atoms with Crippen molar-refractivity contribution in [2.24, 2.45) is 0 Å². The molecule has 21 heavy (non-hydrogen) atoms. The van der Waals surface area contributed by atoms with Gasteiger partial charge in [0.15, 0.2) is 0 Å². The molecule has 5 heteroatoms. The molecule has 2 rings (SSSR count). The lowest BCUT2D eigenvalue weighted by Gasteiger charge is -2.11. The van der Waals surface area contributed by atoms with E-state index in [1.807, 2.05) is 24.3 Å². The number of halogens is 1. The summed E-state index contributed by atoms with van der Waals surface area (Å²) in [7, 11) is 1.34. The number of benzene rings is 2. The van der Waals surface area contributed by atoms with E-state index >= 15 is 0 Å². The van der Waals surface area contributed by atoms with Crippen molar-refractivity contribution in [2.75, 3.05) is 12.9 Å². The van der Waals surface area contributed by atoms with Crippen molar-refractivity contribution in [3.05, 3.63) is 64.7 Å². The average Bonchev–Trinajstić information content (AvgIpc) is 2.53. The number of rotatable bonds is 5. The number of aliphatic hydroxyl groups excluding tert-OH is 1. The minimum atomic E-state index is -0.600. The monoisotopic (exact) mass is 322 g/mol. The van der Waals surface area contributed by atoms with E-state index in [0.717, 1.165) is 10.5 Å². The molecule has 0 aliphatic carbocycles. The summed E-state index contributed by atoms with van der Waals surface area (Å²) in [6.07, 6.45) is -0.600. The van der Waals surface area contributed by atoms with Crippen LogP contribution < -0.4 is 0 Å². The van der Waals surface area contributed by atoms with Crippen LogP contribution in [0.4, 0.5) is 0 Å². The van der Waals surface area contributed by atoms with Crippen molar-refractivity contribution in [1.29, 1.82) is 0 Å². The van der Waals surface area contributed by atoms with Gasteiger partial charge in [-0.2, -0.15) is 0 Å². The highest BCUT2D eigenvalue weighted by molar-refractivity contribution is 7.99. The second-order valence-corrected chi connectivity index (χ2v) is 5.92. The van der Waals surface area contributed by atoms with Gasteiger partial charge in [0.25, 0.3) is 0 Å². The normalized spacial score (nSPS) is 12.0. The SMILES string of the molecule is COC(=O)c1ccc(C(O)CSc2ccc(Cl)cc2)cc1. The Morgan fingerprint density at radius 2 is 1.81 bits per heavy atom. The van der Waals surface area contributed by atoms with Crippen LogP contribution in [0.5, 0.6) is 0 Å². The molecule has 1 N–H and O–H groups in total. The third-order valence-corrected chi connectivity index (χ3v) is 4.28. The molecule has 0 saturated heterocycles. The molecule has 0 spiro atoms. The maximum Gasteiger partial charge on any atom is 0.337 e. The number of hydrogen-bond donors (Lipinski definition) is 1. The van der Waals surface area contributed by atoms with Crippen LogP contribution in [0.15, 0.2) is 53.4 Å². The molecule has 0 aliphatic rings. The summed E-state index contributed by atoms with van der Waals surface area (Å²) in [6.45, 7) is 0. The van der Waals surface area contributed by atoms with Crippen molar-refractivity contribution < 1.29 is 14.6 Å². The standard InChI is InChI=1S/C16H15ClO3S/c1-20-16(19)12-4-2-11(3-5-12)15(18)10-21-14-8-6-13(17)7-9-14/h2-9,15,18H,10H2,1H3. The molecule has 0 heterocycles. The Morgan fingerprint density at radius 1 is 1.19 bits per heavy atom. The largest absolute Gasteiger partial charge is 0.465 e. The lowest BCUT2D eigenvalue weighted by molar-refractivity contribution is 0.0600. The first-order valence-electron chi connectivity index (χ1n) is 6.35. The molecule has 0 radical (unpaired) electrons. The first-order chi connectivity index (χ1) is 10.1. The zero-order chi connectivity index (χ0) is 15.2. The molecule has 3 nitrogen and oxygen atoms in total. The van der Waals surface area contributed by atoms with E-state index in [4.69, 9.17) is 11.6 Å². The smallest absolute Gasteiger partial charge is 0.337 e. The molecule has 0 fully saturated rings. The first kappa shape index (κ1) is 15.9. The molecule has 0 aliphatic heterocycles. The minimum absolute atomic E-state index is 0.383. The van der Waals surface area contributed by atoms with Gasteiger partial charge in [0.1, 0.15) is 0 Å². The Morgan fingerprint density at radius 3 is 2.38 bits per heavy atom.